The van der Waals surface area contributed by atoms with Gasteiger partial charge in [-0.3, -0.25) is 9.69 Å². The van der Waals surface area contributed by atoms with Gasteiger partial charge in [-0.1, -0.05) is 6.58 Å². The average Bonchev–Trinajstić information content (AvgIpc) is 3.24. The zero-order chi connectivity index (χ0) is 33.1. The molecule has 4 rings (SSSR count). The van der Waals surface area contributed by atoms with E-state index in [-0.39, 0.29) is 30.2 Å². The Morgan fingerprint density at radius 1 is 1.07 bits per heavy atom. The summed E-state index contributed by atoms with van der Waals surface area (Å²) in [6.45, 7) is 8.79. The smallest absolute Gasteiger partial charge is 0.416 e. The summed E-state index contributed by atoms with van der Waals surface area (Å²) in [6, 6.07) is 1.05. The van der Waals surface area contributed by atoms with Gasteiger partial charge in [-0.15, -0.1) is 0 Å². The monoisotopic (exact) mass is 706 g/mol. The van der Waals surface area contributed by atoms with Gasteiger partial charge in [0.25, 0.3) is 0 Å². The minimum Gasteiger partial charge on any atom is -0.466 e. The Kier molecular flexibility index (Phi) is 10.7. The molecule has 2 aliphatic rings. The molecule has 1 atom stereocenters. The van der Waals surface area contributed by atoms with Crippen LogP contribution in [-0.2, 0) is 33.2 Å². The van der Waals surface area contributed by atoms with Gasteiger partial charge in [0.15, 0.2) is 11.9 Å². The predicted octanol–water partition coefficient (Wildman–Crippen LogP) is 8.07. The molecule has 1 aromatic heterocycles. The molecular weight excluding hydrogens is 674 g/mol. The SMILES string of the molecule is C=C1C(c2cc(C(F)(F)F)cc(C(F)(F)F)c2)OC(=O)N1Cc1nc(Br)cnc1N(CC)CC1CCC(CC(=O)OCC)CC1. The van der Waals surface area contributed by atoms with Crippen molar-refractivity contribution in [2.45, 2.75) is 71.0 Å². The molecule has 0 N–H and O–H groups in total. The molecule has 1 aliphatic carbocycles. The predicted molar refractivity (Wildman–Crippen MR) is 155 cm³/mol. The van der Waals surface area contributed by atoms with E-state index in [9.17, 15) is 35.9 Å². The number of carbonyl (C=O) groups excluding carboxylic acids is 2. The average molecular weight is 708 g/mol. The summed E-state index contributed by atoms with van der Waals surface area (Å²) in [5.74, 6) is 0.852. The lowest BCUT2D eigenvalue weighted by atomic mass is 9.80. The Hall–Kier alpha value is -3.36. The number of hydrogen-bond acceptors (Lipinski definition) is 7. The molecular formula is C30H33BrF6N4O4. The van der Waals surface area contributed by atoms with Crippen molar-refractivity contribution in [3.63, 3.8) is 0 Å². The van der Waals surface area contributed by atoms with Crippen LogP contribution in [0, 0.1) is 11.8 Å². The third-order valence-corrected chi connectivity index (χ3v) is 8.37. The van der Waals surface area contributed by atoms with Crippen LogP contribution < -0.4 is 4.90 Å². The summed E-state index contributed by atoms with van der Waals surface area (Å²) in [4.78, 5) is 36.9. The van der Waals surface area contributed by atoms with Crippen LogP contribution in [0.15, 0.2) is 41.3 Å². The van der Waals surface area contributed by atoms with Crippen molar-refractivity contribution in [3.8, 4) is 0 Å². The Balaban J connectivity index is 1.52. The molecule has 0 bridgehead atoms. The number of hydrogen-bond donors (Lipinski definition) is 0. The van der Waals surface area contributed by atoms with Crippen molar-refractivity contribution in [3.05, 3.63) is 63.7 Å². The number of cyclic esters (lactones) is 1. The van der Waals surface area contributed by atoms with Crippen molar-refractivity contribution in [2.75, 3.05) is 24.6 Å². The number of amides is 1. The molecule has 2 fully saturated rings. The second kappa shape index (κ2) is 14.0. The summed E-state index contributed by atoms with van der Waals surface area (Å²) in [5.41, 5.74) is -3.36. The minimum absolute atomic E-state index is 0.0103. The largest absolute Gasteiger partial charge is 0.466 e. The zero-order valence-electron chi connectivity index (χ0n) is 24.7. The number of benzene rings is 1. The highest BCUT2D eigenvalue weighted by Gasteiger charge is 2.42. The maximum absolute atomic E-state index is 13.5. The number of alkyl halides is 6. The van der Waals surface area contributed by atoms with Crippen LogP contribution in [0.25, 0.3) is 0 Å². The number of rotatable bonds is 10. The van der Waals surface area contributed by atoms with E-state index in [1.165, 1.54) is 6.20 Å². The van der Waals surface area contributed by atoms with Crippen LogP contribution in [0.3, 0.4) is 0 Å². The van der Waals surface area contributed by atoms with Gasteiger partial charge in [-0.2, -0.15) is 26.3 Å². The van der Waals surface area contributed by atoms with Crippen molar-refractivity contribution >= 4 is 33.8 Å². The summed E-state index contributed by atoms with van der Waals surface area (Å²) in [7, 11) is 0. The number of ether oxygens (including phenoxy) is 2. The molecule has 2 heterocycles. The van der Waals surface area contributed by atoms with Crippen LogP contribution in [0.2, 0.25) is 0 Å². The highest BCUT2D eigenvalue weighted by Crippen LogP contribution is 2.42. The first-order valence-electron chi connectivity index (χ1n) is 14.5. The molecule has 1 unspecified atom stereocenters. The van der Waals surface area contributed by atoms with E-state index in [0.717, 1.165) is 30.6 Å². The molecule has 246 valence electrons. The third kappa shape index (κ3) is 8.47. The molecule has 1 amide bonds. The van der Waals surface area contributed by atoms with E-state index in [2.05, 4.69) is 32.5 Å². The topological polar surface area (TPSA) is 84.9 Å². The molecule has 45 heavy (non-hydrogen) atoms. The first-order valence-corrected chi connectivity index (χ1v) is 15.3. The third-order valence-electron chi connectivity index (χ3n) is 7.99. The fraction of sp³-hybridized carbons (Fsp3) is 0.533. The molecule has 0 radical (unpaired) electrons. The van der Waals surface area contributed by atoms with E-state index < -0.39 is 41.2 Å². The summed E-state index contributed by atoms with van der Waals surface area (Å²) < 4.78 is 91.5. The maximum Gasteiger partial charge on any atom is 0.416 e. The maximum atomic E-state index is 13.5. The van der Waals surface area contributed by atoms with Crippen LogP contribution in [-0.4, -0.2) is 46.6 Å². The zero-order valence-corrected chi connectivity index (χ0v) is 26.3. The van der Waals surface area contributed by atoms with E-state index in [4.69, 9.17) is 9.47 Å². The first kappa shape index (κ1) is 34.5. The number of halogens is 7. The lowest BCUT2D eigenvalue weighted by Crippen LogP contribution is -2.34. The highest BCUT2D eigenvalue weighted by atomic mass is 79.9. The van der Waals surface area contributed by atoms with Gasteiger partial charge in [0, 0.05) is 19.5 Å². The Bertz CT molecular complexity index is 1380. The number of aromatic nitrogens is 2. The van der Waals surface area contributed by atoms with Gasteiger partial charge in [0.1, 0.15) is 10.3 Å². The quantitative estimate of drug-likeness (QED) is 0.183. The lowest BCUT2D eigenvalue weighted by Gasteiger charge is -2.33. The molecule has 0 spiro atoms. The Morgan fingerprint density at radius 3 is 2.22 bits per heavy atom. The summed E-state index contributed by atoms with van der Waals surface area (Å²) >= 11 is 3.28. The lowest BCUT2D eigenvalue weighted by molar-refractivity contribution is -0.145. The first-order chi connectivity index (χ1) is 21.1. The van der Waals surface area contributed by atoms with Gasteiger partial charge in [0.05, 0.1) is 36.2 Å². The van der Waals surface area contributed by atoms with E-state index in [0.29, 0.717) is 60.3 Å². The fourth-order valence-electron chi connectivity index (χ4n) is 5.72. The van der Waals surface area contributed by atoms with Gasteiger partial charge < -0.3 is 14.4 Å². The Labute approximate surface area is 264 Å². The van der Waals surface area contributed by atoms with Crippen molar-refractivity contribution < 1.29 is 45.4 Å². The summed E-state index contributed by atoms with van der Waals surface area (Å²) in [6.07, 6.45) is -7.24. The number of anilines is 1. The molecule has 2 aromatic rings. The Morgan fingerprint density at radius 2 is 1.67 bits per heavy atom. The van der Waals surface area contributed by atoms with Crippen molar-refractivity contribution in [1.29, 1.82) is 0 Å². The van der Waals surface area contributed by atoms with Gasteiger partial charge >= 0.3 is 24.4 Å². The molecule has 1 aliphatic heterocycles. The van der Waals surface area contributed by atoms with Crippen LogP contribution in [0.1, 0.15) is 74.4 Å². The van der Waals surface area contributed by atoms with Crippen LogP contribution in [0.4, 0.5) is 37.0 Å². The van der Waals surface area contributed by atoms with Crippen molar-refractivity contribution in [1.82, 2.24) is 14.9 Å². The molecule has 1 aromatic carbocycles. The van der Waals surface area contributed by atoms with Gasteiger partial charge in [0.2, 0.25) is 0 Å². The van der Waals surface area contributed by atoms with Crippen molar-refractivity contribution in [2.24, 2.45) is 11.8 Å². The summed E-state index contributed by atoms with van der Waals surface area (Å²) in [5, 5.41) is 0. The molecule has 1 saturated carbocycles. The number of esters is 1. The molecule has 1 saturated heterocycles. The van der Waals surface area contributed by atoms with Gasteiger partial charge in [-0.25, -0.2) is 14.8 Å². The van der Waals surface area contributed by atoms with E-state index in [1.807, 2.05) is 11.8 Å². The molecule has 15 heteroatoms. The second-order valence-corrected chi connectivity index (χ2v) is 11.9. The standard InChI is InChI=1S/C30H33BrF6N4O4/c1-4-40(15-19-8-6-18(7-9-19)10-25(42)44-5-2)27-23(39-24(31)14-38-27)16-41-17(3)26(45-28(41)43)20-11-21(29(32,33)34)13-22(12-20)30(35,36)37/h11-14,18-19,26H,3-10,15-16H2,1-2H3. The van der Waals surface area contributed by atoms with Crippen LogP contribution >= 0.6 is 15.9 Å². The van der Waals surface area contributed by atoms with Crippen LogP contribution in [0.5, 0.6) is 0 Å². The highest BCUT2D eigenvalue weighted by molar-refractivity contribution is 9.10. The van der Waals surface area contributed by atoms with E-state index in [1.54, 1.807) is 6.92 Å². The normalized spacial score (nSPS) is 20.7. The fourth-order valence-corrected chi connectivity index (χ4v) is 6.03. The number of nitrogens with zero attached hydrogens (tertiary/aromatic N) is 4. The van der Waals surface area contributed by atoms with E-state index >= 15 is 0 Å². The van der Waals surface area contributed by atoms with Gasteiger partial charge in [-0.05, 0) is 91.1 Å². The number of carbonyl (C=O) groups is 2. The minimum atomic E-state index is -5.07. The second-order valence-electron chi connectivity index (χ2n) is 11.1. The molecule has 8 nitrogen and oxygen atoms in total.